The summed E-state index contributed by atoms with van der Waals surface area (Å²) >= 11 is 5.80. The van der Waals surface area contributed by atoms with Gasteiger partial charge < -0.3 is 15.5 Å². The number of carboxylic acids is 1. The summed E-state index contributed by atoms with van der Waals surface area (Å²) in [5.41, 5.74) is 0.528. The SMILES string of the molecule is O=C(Cc1cc(Cl)ccc1O)Nc1ccnc(C(=O)O)c1. The molecule has 0 saturated carbocycles. The first-order valence-corrected chi connectivity index (χ1v) is 6.30. The number of halogens is 1. The minimum Gasteiger partial charge on any atom is -0.508 e. The summed E-state index contributed by atoms with van der Waals surface area (Å²) in [6.07, 6.45) is 1.20. The maximum Gasteiger partial charge on any atom is 0.354 e. The zero-order valence-electron chi connectivity index (χ0n) is 10.7. The average molecular weight is 307 g/mol. The fourth-order valence-electron chi connectivity index (χ4n) is 1.70. The van der Waals surface area contributed by atoms with Crippen molar-refractivity contribution in [3.63, 3.8) is 0 Å². The van der Waals surface area contributed by atoms with Crippen LogP contribution in [0, 0.1) is 0 Å². The number of phenolic OH excluding ortho intramolecular Hbond substituents is 1. The van der Waals surface area contributed by atoms with E-state index in [0.29, 0.717) is 16.3 Å². The molecular formula is C14H11ClN2O4. The Labute approximate surface area is 125 Å². The summed E-state index contributed by atoms with van der Waals surface area (Å²) in [6.45, 7) is 0. The standard InChI is InChI=1S/C14H11ClN2O4/c15-9-1-2-12(18)8(5-9)6-13(19)17-10-3-4-16-11(7-10)14(20)21/h1-5,7,18H,6H2,(H,20,21)(H,16,17,19). The average Bonchev–Trinajstić information content (AvgIpc) is 2.43. The molecule has 2 rings (SSSR count). The molecule has 7 heteroatoms. The van der Waals surface area contributed by atoms with Gasteiger partial charge in [-0.1, -0.05) is 11.6 Å². The number of amides is 1. The van der Waals surface area contributed by atoms with Crippen LogP contribution in [-0.4, -0.2) is 27.1 Å². The van der Waals surface area contributed by atoms with E-state index in [4.69, 9.17) is 16.7 Å². The van der Waals surface area contributed by atoms with E-state index in [1.165, 1.54) is 36.5 Å². The van der Waals surface area contributed by atoms with Gasteiger partial charge in [0, 0.05) is 22.5 Å². The van der Waals surface area contributed by atoms with Crippen molar-refractivity contribution in [1.29, 1.82) is 0 Å². The number of hydrogen-bond donors (Lipinski definition) is 3. The van der Waals surface area contributed by atoms with Crippen LogP contribution in [0.4, 0.5) is 5.69 Å². The Kier molecular flexibility index (Phi) is 4.39. The van der Waals surface area contributed by atoms with Crippen molar-refractivity contribution in [2.45, 2.75) is 6.42 Å². The Bertz CT molecular complexity index is 703. The van der Waals surface area contributed by atoms with Crippen molar-refractivity contribution in [3.8, 4) is 5.75 Å². The molecule has 0 saturated heterocycles. The second-order valence-corrected chi connectivity index (χ2v) is 4.67. The molecule has 3 N–H and O–H groups in total. The second-order valence-electron chi connectivity index (χ2n) is 4.23. The first-order chi connectivity index (χ1) is 9.95. The number of aromatic nitrogens is 1. The fourth-order valence-corrected chi connectivity index (χ4v) is 1.89. The second kappa shape index (κ2) is 6.23. The molecule has 1 amide bonds. The lowest BCUT2D eigenvalue weighted by Crippen LogP contribution is -2.15. The van der Waals surface area contributed by atoms with Gasteiger partial charge in [-0.25, -0.2) is 9.78 Å². The number of carboxylic acid groups (broad SMARTS) is 1. The van der Waals surface area contributed by atoms with E-state index in [0.717, 1.165) is 0 Å². The van der Waals surface area contributed by atoms with Crippen LogP contribution in [0.1, 0.15) is 16.1 Å². The number of rotatable bonds is 4. The maximum absolute atomic E-state index is 11.9. The molecule has 21 heavy (non-hydrogen) atoms. The van der Waals surface area contributed by atoms with Crippen LogP contribution >= 0.6 is 11.6 Å². The topological polar surface area (TPSA) is 99.5 Å². The monoisotopic (exact) mass is 306 g/mol. The normalized spacial score (nSPS) is 10.1. The van der Waals surface area contributed by atoms with E-state index in [2.05, 4.69) is 10.3 Å². The smallest absolute Gasteiger partial charge is 0.354 e. The highest BCUT2D eigenvalue weighted by atomic mass is 35.5. The molecule has 1 heterocycles. The number of aromatic hydroxyl groups is 1. The third-order valence-electron chi connectivity index (χ3n) is 2.66. The van der Waals surface area contributed by atoms with E-state index in [-0.39, 0.29) is 17.9 Å². The van der Waals surface area contributed by atoms with E-state index < -0.39 is 11.9 Å². The van der Waals surface area contributed by atoms with Crippen molar-refractivity contribution in [1.82, 2.24) is 4.98 Å². The lowest BCUT2D eigenvalue weighted by Gasteiger charge is -2.07. The number of carbonyl (C=O) groups is 2. The van der Waals surface area contributed by atoms with Crippen molar-refractivity contribution < 1.29 is 19.8 Å². The summed E-state index contributed by atoms with van der Waals surface area (Å²) in [7, 11) is 0. The maximum atomic E-state index is 11.9. The molecule has 108 valence electrons. The van der Waals surface area contributed by atoms with Gasteiger partial charge in [-0.3, -0.25) is 4.79 Å². The number of nitrogens with zero attached hydrogens (tertiary/aromatic N) is 1. The number of phenols is 1. The molecule has 1 aromatic carbocycles. The molecule has 0 aliphatic rings. The van der Waals surface area contributed by atoms with E-state index >= 15 is 0 Å². The van der Waals surface area contributed by atoms with Gasteiger partial charge >= 0.3 is 5.97 Å². The van der Waals surface area contributed by atoms with E-state index in [9.17, 15) is 14.7 Å². The predicted molar refractivity (Wildman–Crippen MR) is 76.6 cm³/mol. The Morgan fingerprint density at radius 3 is 2.71 bits per heavy atom. The molecule has 1 aromatic heterocycles. The molecule has 0 radical (unpaired) electrons. The van der Waals surface area contributed by atoms with Crippen LogP contribution in [0.5, 0.6) is 5.75 Å². The number of benzene rings is 1. The van der Waals surface area contributed by atoms with Gasteiger partial charge in [-0.15, -0.1) is 0 Å². The van der Waals surface area contributed by atoms with Crippen LogP contribution in [0.25, 0.3) is 0 Å². The molecule has 0 aliphatic carbocycles. The van der Waals surface area contributed by atoms with Crippen molar-refractivity contribution >= 4 is 29.2 Å². The van der Waals surface area contributed by atoms with Gasteiger partial charge in [0.1, 0.15) is 11.4 Å². The first-order valence-electron chi connectivity index (χ1n) is 5.92. The number of carbonyl (C=O) groups excluding carboxylic acids is 1. The zero-order chi connectivity index (χ0) is 15.4. The fraction of sp³-hybridized carbons (Fsp3) is 0.0714. The van der Waals surface area contributed by atoms with Crippen LogP contribution in [0.15, 0.2) is 36.5 Å². The van der Waals surface area contributed by atoms with Gasteiger partial charge in [-0.05, 0) is 30.3 Å². The molecule has 2 aromatic rings. The summed E-state index contributed by atoms with van der Waals surface area (Å²) in [5.74, 6) is -1.62. The molecule has 6 nitrogen and oxygen atoms in total. The third-order valence-corrected chi connectivity index (χ3v) is 2.89. The highest BCUT2D eigenvalue weighted by molar-refractivity contribution is 6.30. The number of hydrogen-bond acceptors (Lipinski definition) is 4. The van der Waals surface area contributed by atoms with Gasteiger partial charge in [-0.2, -0.15) is 0 Å². The van der Waals surface area contributed by atoms with Gasteiger partial charge in [0.15, 0.2) is 0 Å². The zero-order valence-corrected chi connectivity index (χ0v) is 11.5. The minimum atomic E-state index is -1.18. The molecule has 0 aliphatic heterocycles. The van der Waals surface area contributed by atoms with Crippen LogP contribution < -0.4 is 5.32 Å². The third kappa shape index (κ3) is 3.93. The number of pyridine rings is 1. The molecule has 0 spiro atoms. The first kappa shape index (κ1) is 14.8. The van der Waals surface area contributed by atoms with Crippen LogP contribution in [0.2, 0.25) is 5.02 Å². The van der Waals surface area contributed by atoms with Crippen LogP contribution in [-0.2, 0) is 11.2 Å². The van der Waals surface area contributed by atoms with Crippen LogP contribution in [0.3, 0.4) is 0 Å². The van der Waals surface area contributed by atoms with Gasteiger partial charge in [0.2, 0.25) is 5.91 Å². The Balaban J connectivity index is 2.10. The number of anilines is 1. The van der Waals surface area contributed by atoms with Crippen molar-refractivity contribution in [2.75, 3.05) is 5.32 Å². The summed E-state index contributed by atoms with van der Waals surface area (Å²) in [4.78, 5) is 26.3. The molecule has 0 bridgehead atoms. The quantitative estimate of drug-likeness (QED) is 0.805. The Hall–Kier alpha value is -2.60. The highest BCUT2D eigenvalue weighted by Crippen LogP contribution is 2.22. The van der Waals surface area contributed by atoms with Gasteiger partial charge in [0.05, 0.1) is 6.42 Å². The summed E-state index contributed by atoms with van der Waals surface area (Å²) in [6, 6.07) is 7.13. The molecule has 0 atom stereocenters. The highest BCUT2D eigenvalue weighted by Gasteiger charge is 2.10. The lowest BCUT2D eigenvalue weighted by molar-refractivity contribution is -0.115. The lowest BCUT2D eigenvalue weighted by atomic mass is 10.1. The Morgan fingerprint density at radius 1 is 1.24 bits per heavy atom. The summed E-state index contributed by atoms with van der Waals surface area (Å²) < 4.78 is 0. The van der Waals surface area contributed by atoms with Gasteiger partial charge in [0.25, 0.3) is 0 Å². The van der Waals surface area contributed by atoms with E-state index in [1.54, 1.807) is 0 Å². The Morgan fingerprint density at radius 2 is 2.00 bits per heavy atom. The number of nitrogens with one attached hydrogen (secondary N) is 1. The van der Waals surface area contributed by atoms with Crippen molar-refractivity contribution in [2.24, 2.45) is 0 Å². The largest absolute Gasteiger partial charge is 0.508 e. The molecule has 0 fully saturated rings. The minimum absolute atomic E-state index is 0.0319. The van der Waals surface area contributed by atoms with E-state index in [1.807, 2.05) is 0 Å². The molecular weight excluding hydrogens is 296 g/mol. The van der Waals surface area contributed by atoms with Crippen molar-refractivity contribution in [3.05, 3.63) is 52.8 Å². The molecule has 0 unspecified atom stereocenters. The summed E-state index contributed by atoms with van der Waals surface area (Å²) in [5, 5.41) is 21.4. The number of aromatic carboxylic acids is 1. The predicted octanol–water partition coefficient (Wildman–Crippen LogP) is 2.32.